The van der Waals surface area contributed by atoms with Crippen molar-refractivity contribution in [2.24, 2.45) is 0 Å². The highest BCUT2D eigenvalue weighted by atomic mass is 16.5. The Balaban J connectivity index is 1.29. The number of carbonyl (C=O) groups excluding carboxylic acids is 2. The highest BCUT2D eigenvalue weighted by Crippen LogP contribution is 2.33. The number of morpholine rings is 1. The van der Waals surface area contributed by atoms with E-state index in [1.165, 1.54) is 12.4 Å². The number of hydrogen-bond acceptors (Lipinski definition) is 10. The third-order valence-corrected chi connectivity index (χ3v) is 7.28. The number of hydrogen-bond donors (Lipinski definition) is 2. The van der Waals surface area contributed by atoms with Crippen molar-refractivity contribution in [3.8, 4) is 5.75 Å². The van der Waals surface area contributed by atoms with Crippen LogP contribution in [-0.4, -0.2) is 97.3 Å². The minimum Gasteiger partial charge on any atom is -0.489 e. The Morgan fingerprint density at radius 2 is 2.05 bits per heavy atom. The van der Waals surface area contributed by atoms with Crippen LogP contribution in [0.15, 0.2) is 60.9 Å². The second kappa shape index (κ2) is 13.5. The first kappa shape index (κ1) is 28.5. The van der Waals surface area contributed by atoms with Crippen molar-refractivity contribution in [2.45, 2.75) is 19.0 Å². The lowest BCUT2D eigenvalue weighted by Crippen LogP contribution is -2.59. The highest BCUT2D eigenvalue weighted by Gasteiger charge is 2.32. The van der Waals surface area contributed by atoms with E-state index in [0.717, 1.165) is 30.6 Å². The van der Waals surface area contributed by atoms with Gasteiger partial charge in [-0.15, -0.1) is 0 Å². The molecule has 1 aromatic heterocycles. The zero-order valence-electron chi connectivity index (χ0n) is 23.4. The molecule has 11 heteroatoms. The predicted octanol–water partition coefficient (Wildman–Crippen LogP) is 2.87. The van der Waals surface area contributed by atoms with Crippen LogP contribution in [0.1, 0.15) is 18.5 Å². The summed E-state index contributed by atoms with van der Waals surface area (Å²) in [7, 11) is 1.61. The molecule has 0 radical (unpaired) electrons. The van der Waals surface area contributed by atoms with Gasteiger partial charge in [0.1, 0.15) is 31.1 Å². The maximum atomic E-state index is 13.0. The summed E-state index contributed by atoms with van der Waals surface area (Å²) in [6, 6.07) is 14.0. The molecule has 1 amide bonds. The van der Waals surface area contributed by atoms with Crippen LogP contribution in [0.5, 0.6) is 5.75 Å². The van der Waals surface area contributed by atoms with Crippen molar-refractivity contribution in [1.29, 1.82) is 0 Å². The van der Waals surface area contributed by atoms with Crippen LogP contribution in [-0.2, 0) is 19.1 Å². The van der Waals surface area contributed by atoms with Gasteiger partial charge in [-0.2, -0.15) is 0 Å². The van der Waals surface area contributed by atoms with Crippen LogP contribution in [0.4, 0.5) is 11.5 Å². The molecule has 2 aliphatic rings. The minimum atomic E-state index is -0.268. The van der Waals surface area contributed by atoms with Crippen molar-refractivity contribution in [2.75, 3.05) is 70.3 Å². The van der Waals surface area contributed by atoms with E-state index in [1.54, 1.807) is 13.2 Å². The summed E-state index contributed by atoms with van der Waals surface area (Å²) in [5.41, 5.74) is 2.34. The van der Waals surface area contributed by atoms with Crippen LogP contribution in [0.3, 0.4) is 0 Å². The molecule has 0 spiro atoms. The fourth-order valence-electron chi connectivity index (χ4n) is 5.05. The number of rotatable bonds is 11. The van der Waals surface area contributed by atoms with Crippen LogP contribution in [0.2, 0.25) is 0 Å². The molecule has 2 aromatic carbocycles. The van der Waals surface area contributed by atoms with Crippen molar-refractivity contribution < 1.29 is 23.8 Å². The minimum absolute atomic E-state index is 0.00966. The number of benzene rings is 2. The monoisotopic (exact) mass is 560 g/mol. The average Bonchev–Trinajstić information content (AvgIpc) is 2.98. The molecular weight excluding hydrogens is 524 g/mol. The third-order valence-electron chi connectivity index (χ3n) is 7.28. The van der Waals surface area contributed by atoms with Gasteiger partial charge in [0.2, 0.25) is 5.91 Å². The zero-order chi connectivity index (χ0) is 28.6. The Labute approximate surface area is 239 Å². The molecule has 3 heterocycles. The lowest BCUT2D eigenvalue weighted by atomic mass is 10.1. The molecule has 2 atom stereocenters. The molecule has 2 N–H and O–H groups in total. The predicted molar refractivity (Wildman–Crippen MR) is 156 cm³/mol. The van der Waals surface area contributed by atoms with E-state index < -0.39 is 0 Å². The molecular formula is C30H36N6O5. The molecule has 0 aliphatic carbocycles. The summed E-state index contributed by atoms with van der Waals surface area (Å²) in [6.07, 6.45) is 4.90. The van der Waals surface area contributed by atoms with Gasteiger partial charge in [0, 0.05) is 56.9 Å². The number of ether oxygens (including phenoxy) is 3. The van der Waals surface area contributed by atoms with Crippen LogP contribution in [0, 0.1) is 0 Å². The fourth-order valence-corrected chi connectivity index (χ4v) is 5.05. The number of nitrogens with one attached hydrogen (secondary N) is 2. The van der Waals surface area contributed by atoms with E-state index in [4.69, 9.17) is 14.2 Å². The quantitative estimate of drug-likeness (QED) is 0.206. The standard InChI is InChI=1S/C30H36N6O5/c1-21(22-7-4-3-5-8-22)33-30-24-15-26(27(40-14-13-39-2)16-25(24)31-20-32-30)34-28(37)9-6-10-35-11-12-36-18-29(38)41-19-23(36)17-35/h3-9,15-16,20-21,23H,10-14,17-19H2,1-2H3,(H,34,37)(H,31,32,33)/t21?,23-/m1/s1. The number of cyclic esters (lactones) is 1. The molecule has 2 aliphatic heterocycles. The van der Waals surface area contributed by atoms with Gasteiger partial charge >= 0.3 is 5.97 Å². The van der Waals surface area contributed by atoms with Gasteiger partial charge in [-0.05, 0) is 18.6 Å². The molecule has 2 saturated heterocycles. The first-order chi connectivity index (χ1) is 20.0. The van der Waals surface area contributed by atoms with Gasteiger partial charge < -0.3 is 24.8 Å². The number of piperazine rings is 1. The molecule has 3 aromatic rings. The molecule has 1 unspecified atom stereocenters. The smallest absolute Gasteiger partial charge is 0.320 e. The third kappa shape index (κ3) is 7.37. The number of methoxy groups -OCH3 is 1. The zero-order valence-corrected chi connectivity index (χ0v) is 23.4. The van der Waals surface area contributed by atoms with Gasteiger partial charge in [-0.25, -0.2) is 9.97 Å². The number of fused-ring (bicyclic) bond motifs is 2. The Morgan fingerprint density at radius 1 is 1.20 bits per heavy atom. The van der Waals surface area contributed by atoms with Crippen LogP contribution < -0.4 is 15.4 Å². The second-order valence-electron chi connectivity index (χ2n) is 10.2. The SMILES string of the molecule is COCCOc1cc2ncnc(NC(C)c3ccccc3)c2cc1NC(=O)C=CCN1CCN2CC(=O)OC[C@H]2C1. The van der Waals surface area contributed by atoms with Crippen molar-refractivity contribution in [1.82, 2.24) is 19.8 Å². The van der Waals surface area contributed by atoms with E-state index >= 15 is 0 Å². The highest BCUT2D eigenvalue weighted by molar-refractivity contribution is 6.03. The maximum Gasteiger partial charge on any atom is 0.320 e. The summed E-state index contributed by atoms with van der Waals surface area (Å²) in [5.74, 6) is 0.731. The van der Waals surface area contributed by atoms with Gasteiger partial charge in [0.15, 0.2) is 0 Å². The van der Waals surface area contributed by atoms with Crippen LogP contribution in [0.25, 0.3) is 10.9 Å². The van der Waals surface area contributed by atoms with Crippen LogP contribution >= 0.6 is 0 Å². The summed E-state index contributed by atoms with van der Waals surface area (Å²) >= 11 is 0. The lowest BCUT2D eigenvalue weighted by Gasteiger charge is -2.42. The summed E-state index contributed by atoms with van der Waals surface area (Å²) in [5, 5.41) is 7.21. The Hall–Kier alpha value is -4.06. The number of nitrogens with zero attached hydrogens (tertiary/aromatic N) is 4. The van der Waals surface area contributed by atoms with E-state index in [-0.39, 0.29) is 24.0 Å². The topological polar surface area (TPSA) is 118 Å². The maximum absolute atomic E-state index is 13.0. The molecule has 0 saturated carbocycles. The van der Waals surface area contributed by atoms with Crippen molar-refractivity contribution in [3.05, 3.63) is 66.5 Å². The normalized spacial score (nSPS) is 18.6. The van der Waals surface area contributed by atoms with Crippen molar-refractivity contribution >= 4 is 34.3 Å². The average molecular weight is 561 g/mol. The summed E-state index contributed by atoms with van der Waals surface area (Å²) < 4.78 is 16.3. The van der Waals surface area contributed by atoms with Gasteiger partial charge in [-0.1, -0.05) is 36.4 Å². The number of aromatic nitrogens is 2. The largest absolute Gasteiger partial charge is 0.489 e. The number of amides is 1. The number of esters is 1. The first-order valence-electron chi connectivity index (χ1n) is 13.8. The van der Waals surface area contributed by atoms with E-state index in [0.29, 0.717) is 55.7 Å². The molecule has 0 bridgehead atoms. The van der Waals surface area contributed by atoms with Crippen molar-refractivity contribution in [3.63, 3.8) is 0 Å². The number of carbonyl (C=O) groups is 2. The van der Waals surface area contributed by atoms with E-state index in [1.807, 2.05) is 30.3 Å². The van der Waals surface area contributed by atoms with E-state index in [2.05, 4.69) is 49.5 Å². The molecule has 11 nitrogen and oxygen atoms in total. The fraction of sp³-hybridized carbons (Fsp3) is 0.400. The molecule has 5 rings (SSSR count). The van der Waals surface area contributed by atoms with Gasteiger partial charge in [-0.3, -0.25) is 19.4 Å². The second-order valence-corrected chi connectivity index (χ2v) is 10.2. The molecule has 216 valence electrons. The number of anilines is 2. The summed E-state index contributed by atoms with van der Waals surface area (Å²) in [4.78, 5) is 37.8. The Bertz CT molecular complexity index is 1380. The Kier molecular flexibility index (Phi) is 9.40. The summed E-state index contributed by atoms with van der Waals surface area (Å²) in [6.45, 7) is 6.62. The molecule has 2 fully saturated rings. The first-order valence-corrected chi connectivity index (χ1v) is 13.8. The Morgan fingerprint density at radius 3 is 2.88 bits per heavy atom. The van der Waals surface area contributed by atoms with Gasteiger partial charge in [0.05, 0.1) is 30.4 Å². The van der Waals surface area contributed by atoms with E-state index in [9.17, 15) is 9.59 Å². The lowest BCUT2D eigenvalue weighted by molar-refractivity contribution is -0.157. The molecule has 41 heavy (non-hydrogen) atoms. The van der Waals surface area contributed by atoms with Gasteiger partial charge in [0.25, 0.3) is 0 Å².